The molecule has 0 bridgehead atoms. The Bertz CT molecular complexity index is 592. The van der Waals surface area contributed by atoms with E-state index in [1.165, 1.54) is 4.40 Å². The predicted molar refractivity (Wildman–Crippen MR) is 64.7 cm³/mol. The summed E-state index contributed by atoms with van der Waals surface area (Å²) in [5, 5.41) is 8.90. The van der Waals surface area contributed by atoms with Crippen molar-refractivity contribution in [2.45, 2.75) is 13.3 Å². The molecule has 0 spiro atoms. The Labute approximate surface area is 101 Å². The molecule has 1 N–H and O–H groups in total. The van der Waals surface area contributed by atoms with E-state index in [2.05, 4.69) is 20.9 Å². The Morgan fingerprint density at radius 2 is 2.31 bits per heavy atom. The first-order chi connectivity index (χ1) is 7.63. The molecule has 2 aromatic heterocycles. The first-order valence-corrected chi connectivity index (χ1v) is 5.71. The van der Waals surface area contributed by atoms with Crippen LogP contribution in [0, 0.1) is 6.92 Å². The van der Waals surface area contributed by atoms with Gasteiger partial charge in [0.25, 0.3) is 5.56 Å². The number of aryl methyl sites for hydroxylation is 1. The minimum Gasteiger partial charge on any atom is -0.396 e. The number of aromatic nitrogens is 2. The van der Waals surface area contributed by atoms with Gasteiger partial charge in [0.2, 0.25) is 0 Å². The zero-order valence-electron chi connectivity index (χ0n) is 8.77. The minimum absolute atomic E-state index is 0.0413. The summed E-state index contributed by atoms with van der Waals surface area (Å²) >= 11 is 3.34. The van der Waals surface area contributed by atoms with Crippen LogP contribution in [-0.2, 0) is 6.42 Å². The SMILES string of the molecule is Cc1nc2cc(Br)ccn2c(=O)c1CCO. The molecular weight excluding hydrogens is 272 g/mol. The van der Waals surface area contributed by atoms with E-state index in [0.29, 0.717) is 23.3 Å². The van der Waals surface area contributed by atoms with E-state index in [1.54, 1.807) is 25.3 Å². The zero-order valence-corrected chi connectivity index (χ0v) is 10.4. The van der Waals surface area contributed by atoms with Crippen LogP contribution in [0.25, 0.3) is 5.65 Å². The van der Waals surface area contributed by atoms with Crippen LogP contribution >= 0.6 is 15.9 Å². The number of aliphatic hydroxyl groups is 1. The topological polar surface area (TPSA) is 54.6 Å². The van der Waals surface area contributed by atoms with E-state index in [4.69, 9.17) is 5.11 Å². The van der Waals surface area contributed by atoms with Crippen molar-refractivity contribution in [2.75, 3.05) is 6.61 Å². The van der Waals surface area contributed by atoms with Crippen molar-refractivity contribution in [1.82, 2.24) is 9.38 Å². The summed E-state index contributed by atoms with van der Waals surface area (Å²) in [6.45, 7) is 1.74. The number of fused-ring (bicyclic) bond motifs is 1. The molecule has 16 heavy (non-hydrogen) atoms. The molecule has 2 heterocycles. The number of hydrogen-bond acceptors (Lipinski definition) is 3. The third kappa shape index (κ3) is 1.88. The van der Waals surface area contributed by atoms with Crippen LogP contribution < -0.4 is 5.56 Å². The van der Waals surface area contributed by atoms with Crippen LogP contribution in [0.2, 0.25) is 0 Å². The third-order valence-electron chi connectivity index (χ3n) is 2.45. The molecular formula is C11H11BrN2O2. The van der Waals surface area contributed by atoms with Gasteiger partial charge in [-0.2, -0.15) is 0 Å². The maximum absolute atomic E-state index is 12.0. The van der Waals surface area contributed by atoms with Crippen molar-refractivity contribution >= 4 is 21.6 Å². The Morgan fingerprint density at radius 3 is 3.00 bits per heavy atom. The summed E-state index contributed by atoms with van der Waals surface area (Å²) in [5.74, 6) is 0. The van der Waals surface area contributed by atoms with E-state index in [9.17, 15) is 4.79 Å². The maximum Gasteiger partial charge on any atom is 0.261 e. The maximum atomic E-state index is 12.0. The first kappa shape index (κ1) is 11.3. The second kappa shape index (κ2) is 4.35. The number of pyridine rings is 1. The largest absolute Gasteiger partial charge is 0.396 e. The number of aliphatic hydroxyl groups excluding tert-OH is 1. The van der Waals surface area contributed by atoms with E-state index >= 15 is 0 Å². The molecule has 0 unspecified atom stereocenters. The lowest BCUT2D eigenvalue weighted by Gasteiger charge is -2.06. The summed E-state index contributed by atoms with van der Waals surface area (Å²) < 4.78 is 2.37. The molecule has 0 radical (unpaired) electrons. The van der Waals surface area contributed by atoms with E-state index in [-0.39, 0.29) is 12.2 Å². The normalized spacial score (nSPS) is 10.9. The molecule has 0 aliphatic carbocycles. The highest BCUT2D eigenvalue weighted by atomic mass is 79.9. The second-order valence-corrected chi connectivity index (χ2v) is 4.44. The lowest BCUT2D eigenvalue weighted by atomic mass is 10.2. The van der Waals surface area contributed by atoms with Gasteiger partial charge in [-0.25, -0.2) is 4.98 Å². The highest BCUT2D eigenvalue weighted by Gasteiger charge is 2.08. The van der Waals surface area contributed by atoms with Gasteiger partial charge in [-0.3, -0.25) is 9.20 Å². The molecule has 0 saturated carbocycles. The smallest absolute Gasteiger partial charge is 0.261 e. The summed E-state index contributed by atoms with van der Waals surface area (Å²) in [6.07, 6.45) is 2.02. The van der Waals surface area contributed by atoms with Crippen LogP contribution in [0.15, 0.2) is 27.6 Å². The minimum atomic E-state index is -0.107. The molecule has 0 amide bonds. The number of nitrogens with zero attached hydrogens (tertiary/aromatic N) is 2. The number of hydrogen-bond donors (Lipinski definition) is 1. The highest BCUT2D eigenvalue weighted by Crippen LogP contribution is 2.11. The van der Waals surface area contributed by atoms with Gasteiger partial charge in [-0.05, 0) is 19.1 Å². The summed E-state index contributed by atoms with van der Waals surface area (Å²) in [4.78, 5) is 16.4. The van der Waals surface area contributed by atoms with E-state index < -0.39 is 0 Å². The summed E-state index contributed by atoms with van der Waals surface area (Å²) in [6, 6.07) is 3.57. The van der Waals surface area contributed by atoms with Gasteiger partial charge in [-0.1, -0.05) is 15.9 Å². The molecule has 2 rings (SSSR count). The fourth-order valence-corrected chi connectivity index (χ4v) is 1.98. The van der Waals surface area contributed by atoms with Crippen molar-refractivity contribution in [1.29, 1.82) is 0 Å². The van der Waals surface area contributed by atoms with Gasteiger partial charge in [0.15, 0.2) is 0 Å². The molecule has 0 saturated heterocycles. The molecule has 2 aromatic rings. The highest BCUT2D eigenvalue weighted by molar-refractivity contribution is 9.10. The van der Waals surface area contributed by atoms with Crippen molar-refractivity contribution in [3.05, 3.63) is 44.4 Å². The monoisotopic (exact) mass is 282 g/mol. The van der Waals surface area contributed by atoms with Crippen LogP contribution in [0.5, 0.6) is 0 Å². The van der Waals surface area contributed by atoms with Gasteiger partial charge in [-0.15, -0.1) is 0 Å². The van der Waals surface area contributed by atoms with Crippen molar-refractivity contribution < 1.29 is 5.11 Å². The lowest BCUT2D eigenvalue weighted by Crippen LogP contribution is -2.22. The van der Waals surface area contributed by atoms with Crippen LogP contribution in [0.1, 0.15) is 11.3 Å². The Balaban J connectivity index is 2.78. The van der Waals surface area contributed by atoms with Crippen LogP contribution in [-0.4, -0.2) is 21.1 Å². The molecule has 0 aromatic carbocycles. The molecule has 4 nitrogen and oxygen atoms in total. The Morgan fingerprint density at radius 1 is 1.56 bits per heavy atom. The standard InChI is InChI=1S/C11H11BrN2O2/c1-7-9(3-5-15)11(16)14-4-2-8(12)6-10(14)13-7/h2,4,6,15H,3,5H2,1H3. The molecule has 0 aliphatic heterocycles. The number of rotatable bonds is 2. The van der Waals surface area contributed by atoms with E-state index in [1.807, 2.05) is 0 Å². The summed E-state index contributed by atoms with van der Waals surface area (Å²) in [7, 11) is 0. The van der Waals surface area contributed by atoms with Gasteiger partial charge >= 0.3 is 0 Å². The molecule has 84 valence electrons. The van der Waals surface area contributed by atoms with Crippen LogP contribution in [0.4, 0.5) is 0 Å². The van der Waals surface area contributed by atoms with Crippen molar-refractivity contribution in [3.8, 4) is 0 Å². The first-order valence-electron chi connectivity index (χ1n) is 4.91. The van der Waals surface area contributed by atoms with Gasteiger partial charge in [0, 0.05) is 35.0 Å². The Hall–Kier alpha value is -1.20. The summed E-state index contributed by atoms with van der Waals surface area (Å²) in [5.41, 5.74) is 1.75. The third-order valence-corrected chi connectivity index (χ3v) is 2.95. The second-order valence-electron chi connectivity index (χ2n) is 3.53. The quantitative estimate of drug-likeness (QED) is 0.903. The predicted octanol–water partition coefficient (Wildman–Crippen LogP) is 1.30. The van der Waals surface area contributed by atoms with E-state index in [0.717, 1.165) is 4.47 Å². The molecule has 5 heteroatoms. The fraction of sp³-hybridized carbons (Fsp3) is 0.273. The zero-order chi connectivity index (χ0) is 11.7. The average Bonchev–Trinajstić information content (AvgIpc) is 2.23. The van der Waals surface area contributed by atoms with Gasteiger partial charge in [0.05, 0.1) is 0 Å². The fourth-order valence-electron chi connectivity index (χ4n) is 1.66. The van der Waals surface area contributed by atoms with Crippen molar-refractivity contribution in [2.24, 2.45) is 0 Å². The van der Waals surface area contributed by atoms with Crippen LogP contribution in [0.3, 0.4) is 0 Å². The molecule has 0 atom stereocenters. The molecule has 0 aliphatic rings. The van der Waals surface area contributed by atoms with Gasteiger partial charge in [0.1, 0.15) is 5.65 Å². The van der Waals surface area contributed by atoms with Gasteiger partial charge < -0.3 is 5.11 Å². The number of halogens is 1. The Kier molecular flexibility index (Phi) is 3.07. The lowest BCUT2D eigenvalue weighted by molar-refractivity contribution is 0.298. The molecule has 0 fully saturated rings. The average molecular weight is 283 g/mol. The van der Waals surface area contributed by atoms with Crippen molar-refractivity contribution in [3.63, 3.8) is 0 Å².